The minimum absolute atomic E-state index is 0.0315. The average Bonchev–Trinajstić information content (AvgIpc) is 3.54. The number of rotatable bonds is 6. The maximum atomic E-state index is 13.2. The molecule has 7 heteroatoms. The molecular weight excluding hydrogens is 390 g/mol. The van der Waals surface area contributed by atoms with E-state index in [1.54, 1.807) is 24.8 Å². The molecule has 2 saturated carbocycles. The summed E-state index contributed by atoms with van der Waals surface area (Å²) in [5, 5.41) is 0. The van der Waals surface area contributed by atoms with Gasteiger partial charge >= 0.3 is 0 Å². The van der Waals surface area contributed by atoms with E-state index in [1.807, 2.05) is 17.0 Å². The molecule has 2 aromatic heterocycles. The van der Waals surface area contributed by atoms with Gasteiger partial charge in [0.25, 0.3) is 5.91 Å². The number of carbonyl (C=O) groups is 1. The van der Waals surface area contributed by atoms with Gasteiger partial charge in [0.05, 0.1) is 11.7 Å². The van der Waals surface area contributed by atoms with Crippen LogP contribution >= 0.6 is 0 Å². The smallest absolute Gasteiger partial charge is 0.257 e. The van der Waals surface area contributed by atoms with Gasteiger partial charge in [0.2, 0.25) is 0 Å². The number of likely N-dealkylation sites (N-methyl/N-ethyl adjacent to an activating group) is 1. The summed E-state index contributed by atoms with van der Waals surface area (Å²) in [4.78, 5) is 30.4. The van der Waals surface area contributed by atoms with Gasteiger partial charge in [-0.2, -0.15) is 0 Å². The number of hydrogen-bond donors (Lipinski definition) is 0. The quantitative estimate of drug-likeness (QED) is 0.714. The van der Waals surface area contributed by atoms with Crippen molar-refractivity contribution in [3.63, 3.8) is 0 Å². The monoisotopic (exact) mass is 421 g/mol. The predicted molar refractivity (Wildman–Crippen MR) is 117 cm³/mol. The lowest BCUT2D eigenvalue weighted by atomic mass is 9.77. The van der Waals surface area contributed by atoms with Crippen molar-refractivity contribution < 1.29 is 9.53 Å². The van der Waals surface area contributed by atoms with Gasteiger partial charge in [0.1, 0.15) is 0 Å². The van der Waals surface area contributed by atoms with Crippen LogP contribution in [0.4, 0.5) is 0 Å². The Kier molecular flexibility index (Phi) is 5.71. The second kappa shape index (κ2) is 8.63. The Morgan fingerprint density at radius 1 is 1.13 bits per heavy atom. The zero-order valence-corrected chi connectivity index (χ0v) is 18.4. The molecule has 0 radical (unpaired) electrons. The first-order valence-corrected chi connectivity index (χ1v) is 11.4. The Morgan fingerprint density at radius 3 is 2.52 bits per heavy atom. The third-order valence-corrected chi connectivity index (χ3v) is 7.10. The summed E-state index contributed by atoms with van der Waals surface area (Å²) in [6, 6.07) is 4.20. The summed E-state index contributed by atoms with van der Waals surface area (Å²) in [6.45, 7) is 2.51. The summed E-state index contributed by atoms with van der Waals surface area (Å²) < 4.78 is 6.35. The minimum Gasteiger partial charge on any atom is -0.376 e. The van der Waals surface area contributed by atoms with Crippen LogP contribution in [0, 0.1) is 17.8 Å². The number of carbonyl (C=O) groups excluding carboxylic acids is 1. The molecule has 31 heavy (non-hydrogen) atoms. The Bertz CT molecular complexity index is 900. The second-order valence-corrected chi connectivity index (χ2v) is 9.58. The molecule has 7 nitrogen and oxygen atoms in total. The van der Waals surface area contributed by atoms with Crippen LogP contribution in [0.5, 0.6) is 0 Å². The van der Waals surface area contributed by atoms with Crippen molar-refractivity contribution in [2.75, 3.05) is 33.8 Å². The third kappa shape index (κ3) is 4.48. The molecule has 1 saturated heterocycles. The van der Waals surface area contributed by atoms with Crippen LogP contribution in [0.25, 0.3) is 11.4 Å². The van der Waals surface area contributed by atoms with E-state index in [4.69, 9.17) is 4.74 Å². The van der Waals surface area contributed by atoms with Crippen LogP contribution in [0.2, 0.25) is 0 Å². The number of pyridine rings is 1. The van der Waals surface area contributed by atoms with Gasteiger partial charge in [-0.25, -0.2) is 9.97 Å². The maximum Gasteiger partial charge on any atom is 0.257 e. The van der Waals surface area contributed by atoms with E-state index >= 15 is 0 Å². The molecule has 0 unspecified atom stereocenters. The molecule has 4 atom stereocenters. The molecule has 0 spiro atoms. The molecule has 0 bridgehead atoms. The first-order chi connectivity index (χ1) is 15.1. The number of aromatic nitrogens is 3. The van der Waals surface area contributed by atoms with Crippen LogP contribution in [0.15, 0.2) is 36.9 Å². The van der Waals surface area contributed by atoms with Crippen LogP contribution in [0.3, 0.4) is 0 Å². The third-order valence-electron chi connectivity index (χ3n) is 7.10. The molecule has 164 valence electrons. The SMILES string of the molecule is CN(C)[C@@H]1C[C@@H]2CN(C(=O)c3cnc(-c4cccnc4)nc3)C[C@@H]2C[C@H]1OCC1CC1. The summed E-state index contributed by atoms with van der Waals surface area (Å²) >= 11 is 0. The van der Waals surface area contributed by atoms with Crippen LogP contribution in [-0.4, -0.2) is 76.6 Å². The topological polar surface area (TPSA) is 71.5 Å². The average molecular weight is 422 g/mol. The van der Waals surface area contributed by atoms with Crippen molar-refractivity contribution in [3.8, 4) is 11.4 Å². The van der Waals surface area contributed by atoms with E-state index in [9.17, 15) is 4.79 Å². The van der Waals surface area contributed by atoms with Crippen molar-refractivity contribution in [3.05, 3.63) is 42.5 Å². The Balaban J connectivity index is 1.24. The lowest BCUT2D eigenvalue weighted by Crippen LogP contribution is -2.48. The molecule has 5 rings (SSSR count). The standard InChI is InChI=1S/C24H31N5O2/c1-28(2)21-8-18-13-29(14-19(18)9-22(21)31-15-16-5-6-16)24(30)20-11-26-23(27-12-20)17-4-3-7-25-10-17/h3-4,7,10-12,16,18-19,21-22H,5-6,8-9,13-15H2,1-2H3/t18-,19+,21-,22-/m1/s1. The van der Waals surface area contributed by atoms with Gasteiger partial charge in [-0.3, -0.25) is 9.78 Å². The van der Waals surface area contributed by atoms with Gasteiger partial charge in [0.15, 0.2) is 5.82 Å². The minimum atomic E-state index is 0.0315. The number of ether oxygens (including phenoxy) is 1. The van der Waals surface area contributed by atoms with Crippen molar-refractivity contribution in [1.82, 2.24) is 24.8 Å². The Hall–Kier alpha value is -2.38. The zero-order valence-electron chi connectivity index (χ0n) is 18.4. The fourth-order valence-electron chi connectivity index (χ4n) is 5.09. The highest BCUT2D eigenvalue weighted by Crippen LogP contribution is 2.40. The fourth-order valence-corrected chi connectivity index (χ4v) is 5.09. The van der Waals surface area contributed by atoms with E-state index < -0.39 is 0 Å². The molecule has 1 amide bonds. The molecule has 2 aromatic rings. The van der Waals surface area contributed by atoms with Crippen molar-refractivity contribution in [2.24, 2.45) is 17.8 Å². The molecule has 0 N–H and O–H groups in total. The summed E-state index contributed by atoms with van der Waals surface area (Å²) in [5.41, 5.74) is 1.40. The number of fused-ring (bicyclic) bond motifs is 1. The second-order valence-electron chi connectivity index (χ2n) is 9.58. The Labute approximate surface area is 183 Å². The van der Waals surface area contributed by atoms with E-state index in [0.717, 1.165) is 44.0 Å². The molecule has 0 aromatic carbocycles. The van der Waals surface area contributed by atoms with Crippen LogP contribution < -0.4 is 0 Å². The van der Waals surface area contributed by atoms with Crippen LogP contribution in [0.1, 0.15) is 36.0 Å². The normalized spacial score (nSPS) is 28.0. The molecular formula is C24H31N5O2. The van der Waals surface area contributed by atoms with E-state index in [2.05, 4.69) is 33.9 Å². The van der Waals surface area contributed by atoms with Crippen molar-refractivity contribution in [1.29, 1.82) is 0 Å². The Morgan fingerprint density at radius 2 is 1.87 bits per heavy atom. The predicted octanol–water partition coefficient (Wildman–Crippen LogP) is 2.75. The van der Waals surface area contributed by atoms with Crippen molar-refractivity contribution in [2.45, 2.75) is 37.8 Å². The summed E-state index contributed by atoms with van der Waals surface area (Å²) in [5.74, 6) is 2.44. The van der Waals surface area contributed by atoms with E-state index in [1.165, 1.54) is 12.8 Å². The lowest BCUT2D eigenvalue weighted by molar-refractivity contribution is -0.0493. The fraction of sp³-hybridized carbons (Fsp3) is 0.583. The summed E-state index contributed by atoms with van der Waals surface area (Å²) in [7, 11) is 4.30. The first-order valence-electron chi connectivity index (χ1n) is 11.4. The van der Waals surface area contributed by atoms with Gasteiger partial charge in [-0.05, 0) is 69.7 Å². The van der Waals surface area contributed by atoms with Gasteiger partial charge in [-0.15, -0.1) is 0 Å². The molecule has 1 aliphatic heterocycles. The van der Waals surface area contributed by atoms with E-state index in [-0.39, 0.29) is 12.0 Å². The van der Waals surface area contributed by atoms with Crippen LogP contribution in [-0.2, 0) is 4.74 Å². The largest absolute Gasteiger partial charge is 0.376 e. The number of hydrogen-bond acceptors (Lipinski definition) is 6. The molecule has 3 fully saturated rings. The highest BCUT2D eigenvalue weighted by Gasteiger charge is 2.45. The van der Waals surface area contributed by atoms with E-state index in [0.29, 0.717) is 29.3 Å². The highest BCUT2D eigenvalue weighted by atomic mass is 16.5. The lowest BCUT2D eigenvalue weighted by Gasteiger charge is -2.41. The number of amides is 1. The van der Waals surface area contributed by atoms with Crippen molar-refractivity contribution >= 4 is 5.91 Å². The number of likely N-dealkylation sites (tertiary alicyclic amines) is 1. The van der Waals surface area contributed by atoms with Gasteiger partial charge in [-0.1, -0.05) is 0 Å². The molecule has 3 heterocycles. The highest BCUT2D eigenvalue weighted by molar-refractivity contribution is 5.94. The number of nitrogens with zero attached hydrogens (tertiary/aromatic N) is 5. The first kappa shape index (κ1) is 20.5. The zero-order chi connectivity index (χ0) is 21.4. The van der Waals surface area contributed by atoms with Gasteiger partial charge < -0.3 is 14.5 Å². The molecule has 3 aliphatic rings. The maximum absolute atomic E-state index is 13.2. The van der Waals surface area contributed by atoms with Gasteiger partial charge in [0, 0.05) is 56.1 Å². The summed E-state index contributed by atoms with van der Waals surface area (Å²) in [6.07, 6.45) is 11.8. The molecule has 2 aliphatic carbocycles.